The van der Waals surface area contributed by atoms with E-state index in [2.05, 4.69) is 76.7 Å². The number of rotatable bonds is 2. The van der Waals surface area contributed by atoms with Gasteiger partial charge in [0.25, 0.3) is 0 Å². The van der Waals surface area contributed by atoms with Crippen LogP contribution in [0.15, 0.2) is 51.8 Å². The van der Waals surface area contributed by atoms with Crippen molar-refractivity contribution >= 4 is 43.3 Å². The number of fused-ring (bicyclic) bond motifs is 1. The molecule has 1 N–H and O–H groups in total. The molecule has 3 rings (SSSR count). The first-order chi connectivity index (χ1) is 9.13. The Balaban J connectivity index is 0.00000132. The maximum atomic E-state index is 5.08. The summed E-state index contributed by atoms with van der Waals surface area (Å²) in [6, 6.07) is 10.8. The van der Waals surface area contributed by atoms with Crippen LogP contribution in [-0.4, -0.2) is 9.20 Å². The second kappa shape index (κ2) is 3.72. The van der Waals surface area contributed by atoms with Gasteiger partial charge >= 0.3 is 119 Å². The van der Waals surface area contributed by atoms with Gasteiger partial charge in [-0.25, -0.2) is 0 Å². The summed E-state index contributed by atoms with van der Waals surface area (Å²) < 4.78 is 20.1. The van der Waals surface area contributed by atoms with Gasteiger partial charge in [0.2, 0.25) is 0 Å². The van der Waals surface area contributed by atoms with Crippen molar-refractivity contribution in [3.05, 3.63) is 51.8 Å². The third-order valence-electron chi connectivity index (χ3n) is 5.97. The van der Waals surface area contributed by atoms with Crippen LogP contribution >= 0.6 is 24.8 Å². The van der Waals surface area contributed by atoms with Gasteiger partial charge in [-0.1, -0.05) is 0 Å². The summed E-state index contributed by atoms with van der Waals surface area (Å²) in [7, 11) is 0. The van der Waals surface area contributed by atoms with Crippen molar-refractivity contribution in [2.75, 3.05) is 0 Å². The van der Waals surface area contributed by atoms with E-state index in [4.69, 9.17) is 4.21 Å². The van der Waals surface area contributed by atoms with E-state index in [9.17, 15) is 0 Å². The number of aromatic nitrogens is 1. The number of hydrogen-bond acceptors (Lipinski definition) is 0. The SMILES string of the molecule is Cl.Cl.[CH2]=[Zr]([CH3])([CH3])([CH3])([CH3])([CH3])([C]1=CC=CC1)[c]1cc2ccccc2[nH]1. The molecule has 0 saturated carbocycles. The standard InChI is InChI=1S/C8H6N.C5H5.5CH3.CH2.2ClH.Zr/c1-2-4-8-7(3-1)5-6-9-8;1-2-4-5-3-1;;;;;;;;;/h1-5,9H;1-3H,4H2;5*1H3;1H2;2*1H;. The molecule has 1 heterocycles. The zero-order valence-electron chi connectivity index (χ0n) is 14.8. The summed E-state index contributed by atoms with van der Waals surface area (Å²) in [5.74, 6) is 0. The minimum atomic E-state index is -4.92. The zero-order valence-corrected chi connectivity index (χ0v) is 18.9. The van der Waals surface area contributed by atoms with E-state index in [1.165, 1.54) is 17.6 Å². The molecule has 0 fully saturated rings. The Morgan fingerprint density at radius 3 is 2.13 bits per heavy atom. The van der Waals surface area contributed by atoms with Gasteiger partial charge in [-0.2, -0.15) is 0 Å². The average molecular weight is 435 g/mol. The van der Waals surface area contributed by atoms with Crippen LogP contribution in [0.5, 0.6) is 0 Å². The number of para-hydroxylation sites is 1. The molecular weight excluding hydrogens is 404 g/mol. The first-order valence-electron chi connectivity index (χ1n) is 7.98. The first kappa shape index (κ1) is 20.6. The van der Waals surface area contributed by atoms with Gasteiger partial charge in [0.15, 0.2) is 0 Å². The van der Waals surface area contributed by atoms with Crippen molar-refractivity contribution in [1.82, 2.24) is 4.98 Å². The van der Waals surface area contributed by atoms with E-state index < -0.39 is 13.8 Å². The molecule has 1 aliphatic carbocycles. The van der Waals surface area contributed by atoms with Crippen LogP contribution in [-0.2, 0) is 13.8 Å². The van der Waals surface area contributed by atoms with Gasteiger partial charge in [0.05, 0.1) is 0 Å². The summed E-state index contributed by atoms with van der Waals surface area (Å²) in [6.45, 7) is 0. The normalized spacial score (nSPS) is 21.0. The van der Waals surface area contributed by atoms with Gasteiger partial charge in [-0.3, -0.25) is 0 Å². The molecule has 0 spiro atoms. The molecule has 1 aliphatic rings. The molecule has 2 aromatic rings. The van der Waals surface area contributed by atoms with E-state index in [0.29, 0.717) is 0 Å². The van der Waals surface area contributed by atoms with Gasteiger partial charge in [-0.15, -0.1) is 24.8 Å². The summed E-state index contributed by atoms with van der Waals surface area (Å²) in [4.78, 5) is 3.72. The molecule has 23 heavy (non-hydrogen) atoms. The Labute approximate surface area is 142 Å². The Kier molecular flexibility index (Phi) is 3.33. The predicted molar refractivity (Wildman–Crippen MR) is 111 cm³/mol. The molecule has 0 unspecified atom stereocenters. The van der Waals surface area contributed by atoms with Gasteiger partial charge in [-0.05, 0) is 0 Å². The number of aromatic amines is 1. The van der Waals surface area contributed by atoms with Crippen LogP contribution in [0.2, 0.25) is 23.2 Å². The third-order valence-corrected chi connectivity index (χ3v) is 25.6. The molecule has 1 nitrogen and oxygen atoms in total. The topological polar surface area (TPSA) is 15.8 Å². The Hall–Kier alpha value is -0.427. The molecular formula is C19H30Cl2NZr. The molecule has 0 radical (unpaired) electrons. The fourth-order valence-electron chi connectivity index (χ4n) is 3.68. The van der Waals surface area contributed by atoms with E-state index >= 15 is 0 Å². The fraction of sp³-hybridized carbons (Fsp3) is 0.316. The van der Waals surface area contributed by atoms with Crippen molar-refractivity contribution in [2.45, 2.75) is 29.6 Å². The Morgan fingerprint density at radius 1 is 1.00 bits per heavy atom. The molecule has 0 aliphatic heterocycles. The fourth-order valence-corrected chi connectivity index (χ4v) is 15.5. The summed E-state index contributed by atoms with van der Waals surface area (Å²) >= 11 is -4.92. The van der Waals surface area contributed by atoms with Crippen molar-refractivity contribution in [2.24, 2.45) is 0 Å². The quantitative estimate of drug-likeness (QED) is 0.559. The van der Waals surface area contributed by atoms with Crippen molar-refractivity contribution in [3.63, 3.8) is 0 Å². The van der Waals surface area contributed by atoms with Crippen molar-refractivity contribution < 1.29 is 13.8 Å². The molecule has 4 heteroatoms. The monoisotopic (exact) mass is 432 g/mol. The summed E-state index contributed by atoms with van der Waals surface area (Å²) in [5.41, 5.74) is 1.20. The molecule has 0 bridgehead atoms. The molecule has 0 amide bonds. The summed E-state index contributed by atoms with van der Waals surface area (Å²) in [5, 5.41) is 1.27. The second-order valence-corrected chi connectivity index (χ2v) is 64.2. The van der Waals surface area contributed by atoms with Crippen LogP contribution in [0.4, 0.5) is 0 Å². The molecule has 1 aromatic carbocycles. The molecule has 0 saturated heterocycles. The maximum absolute atomic E-state index is 5.08. The van der Waals surface area contributed by atoms with Gasteiger partial charge < -0.3 is 0 Å². The first-order valence-corrected chi connectivity index (χ1v) is 24.5. The van der Waals surface area contributed by atoms with Crippen molar-refractivity contribution in [1.29, 1.82) is 0 Å². The van der Waals surface area contributed by atoms with Crippen LogP contribution in [0.1, 0.15) is 6.42 Å². The number of benzene rings is 1. The molecule has 129 valence electrons. The van der Waals surface area contributed by atoms with Crippen LogP contribution in [0, 0.1) is 0 Å². The number of H-pyrrole nitrogens is 1. The zero-order chi connectivity index (χ0) is 15.7. The predicted octanol–water partition coefficient (Wildman–Crippen LogP) is 6.45. The van der Waals surface area contributed by atoms with E-state index in [1.807, 2.05) is 0 Å². The Bertz CT molecular complexity index is 959. The third kappa shape index (κ3) is 2.88. The average Bonchev–Trinajstić information content (AvgIpc) is 2.97. The molecule has 0 atom stereocenters. The van der Waals surface area contributed by atoms with E-state index in [-0.39, 0.29) is 24.8 Å². The number of allylic oxidation sites excluding steroid dienone is 4. The molecule has 1 aromatic heterocycles. The van der Waals surface area contributed by atoms with E-state index in [1.54, 1.807) is 0 Å². The summed E-state index contributed by atoms with van der Waals surface area (Å²) in [6.07, 6.45) is 7.72. The number of halogens is 2. The van der Waals surface area contributed by atoms with Crippen LogP contribution in [0.25, 0.3) is 10.9 Å². The second-order valence-electron chi connectivity index (χ2n) is 13.3. The minimum absolute atomic E-state index is 0. The van der Waals surface area contributed by atoms with Gasteiger partial charge in [0, 0.05) is 0 Å². The van der Waals surface area contributed by atoms with Crippen LogP contribution < -0.4 is 3.40 Å². The van der Waals surface area contributed by atoms with Crippen LogP contribution in [0.3, 0.4) is 0 Å². The number of nitrogens with one attached hydrogen (secondary N) is 1. The Morgan fingerprint density at radius 2 is 1.61 bits per heavy atom. The van der Waals surface area contributed by atoms with Gasteiger partial charge in [0.1, 0.15) is 0 Å². The number of hydrogen-bond donors (Lipinski definition) is 1. The van der Waals surface area contributed by atoms with Crippen molar-refractivity contribution in [3.8, 4) is 0 Å². The van der Waals surface area contributed by atoms with E-state index in [0.717, 1.165) is 6.42 Å².